The van der Waals surface area contributed by atoms with Gasteiger partial charge < -0.3 is 0 Å². The third-order valence-corrected chi connectivity index (χ3v) is 2.93. The third-order valence-electron chi connectivity index (χ3n) is 2.17. The van der Waals surface area contributed by atoms with E-state index in [9.17, 15) is 9.59 Å². The molecule has 2 rings (SSSR count). The first-order chi connectivity index (χ1) is 7.16. The predicted octanol–water partition coefficient (Wildman–Crippen LogP) is 2.24. The summed E-state index contributed by atoms with van der Waals surface area (Å²) in [5, 5.41) is 8.76. The van der Waals surface area contributed by atoms with Crippen LogP contribution >= 0.6 is 15.9 Å². The van der Waals surface area contributed by atoms with Crippen molar-refractivity contribution in [1.82, 2.24) is 0 Å². The fourth-order valence-electron chi connectivity index (χ4n) is 1.45. The molecule has 4 heteroatoms. The van der Waals surface area contributed by atoms with E-state index in [1.54, 1.807) is 30.3 Å². The van der Waals surface area contributed by atoms with Crippen molar-refractivity contribution in [2.75, 3.05) is 0 Å². The van der Waals surface area contributed by atoms with Crippen LogP contribution in [0.4, 0.5) is 0 Å². The fraction of sp³-hybridized carbons (Fsp3) is 0. The fourth-order valence-corrected chi connectivity index (χ4v) is 1.93. The molecule has 1 aromatic carbocycles. The number of benzene rings is 1. The maximum Gasteiger partial charge on any atom is 0.205 e. The Morgan fingerprint density at radius 2 is 1.60 bits per heavy atom. The Hall–Kier alpha value is -1.73. The van der Waals surface area contributed by atoms with E-state index < -0.39 is 5.78 Å². The van der Waals surface area contributed by atoms with Gasteiger partial charge in [-0.25, -0.2) is 0 Å². The second-order valence-corrected chi connectivity index (χ2v) is 3.80. The van der Waals surface area contributed by atoms with Crippen LogP contribution in [0.15, 0.2) is 34.3 Å². The number of carbonyl (C=O) groups is 2. The molecule has 1 aliphatic carbocycles. The average molecular weight is 262 g/mol. The van der Waals surface area contributed by atoms with E-state index in [2.05, 4.69) is 15.9 Å². The highest BCUT2D eigenvalue weighted by Gasteiger charge is 2.30. The minimum absolute atomic E-state index is 0.0497. The van der Waals surface area contributed by atoms with Crippen LogP contribution < -0.4 is 0 Å². The number of halogens is 1. The molecule has 0 aromatic heterocycles. The minimum Gasteiger partial charge on any atom is -0.288 e. The molecule has 0 fully saturated rings. The lowest BCUT2D eigenvalue weighted by atomic mass is 9.90. The number of hydrogen-bond acceptors (Lipinski definition) is 3. The molecule has 0 amide bonds. The molecule has 0 saturated carbocycles. The number of fused-ring (bicyclic) bond motifs is 1. The van der Waals surface area contributed by atoms with Gasteiger partial charge >= 0.3 is 0 Å². The smallest absolute Gasteiger partial charge is 0.205 e. The summed E-state index contributed by atoms with van der Waals surface area (Å²) in [6, 6.07) is 8.21. The summed E-state index contributed by atoms with van der Waals surface area (Å²) in [4.78, 5) is 23.5. The standard InChI is InChI=1S/C11H4BrNO2/c12-9-8(5-13)10(14)6-3-1-2-4-7(6)11(9)15/h1-4H. The van der Waals surface area contributed by atoms with E-state index in [1.165, 1.54) is 0 Å². The molecule has 3 nitrogen and oxygen atoms in total. The van der Waals surface area contributed by atoms with E-state index in [0.717, 1.165) is 0 Å². The summed E-state index contributed by atoms with van der Waals surface area (Å²) in [7, 11) is 0. The molecule has 0 N–H and O–H groups in total. The number of rotatable bonds is 0. The van der Waals surface area contributed by atoms with E-state index in [0.29, 0.717) is 11.1 Å². The van der Waals surface area contributed by atoms with Crippen molar-refractivity contribution in [3.63, 3.8) is 0 Å². The first kappa shape index (κ1) is 9.81. The highest BCUT2D eigenvalue weighted by molar-refractivity contribution is 9.12. The molecule has 72 valence electrons. The average Bonchev–Trinajstić information content (AvgIpc) is 2.27. The summed E-state index contributed by atoms with van der Waals surface area (Å²) in [5.74, 6) is -0.721. The summed E-state index contributed by atoms with van der Waals surface area (Å²) < 4.78 is 0.0497. The highest BCUT2D eigenvalue weighted by Crippen LogP contribution is 2.28. The first-order valence-corrected chi connectivity index (χ1v) is 4.94. The van der Waals surface area contributed by atoms with Crippen molar-refractivity contribution < 1.29 is 9.59 Å². The molecule has 0 unspecified atom stereocenters. The van der Waals surface area contributed by atoms with Crippen LogP contribution in [0, 0.1) is 11.3 Å². The third kappa shape index (κ3) is 1.32. The number of carbonyl (C=O) groups excluding carboxylic acids is 2. The van der Waals surface area contributed by atoms with Crippen LogP contribution in [0.5, 0.6) is 0 Å². The first-order valence-electron chi connectivity index (χ1n) is 4.15. The van der Waals surface area contributed by atoms with Crippen molar-refractivity contribution in [1.29, 1.82) is 5.26 Å². The van der Waals surface area contributed by atoms with Gasteiger partial charge in [0.1, 0.15) is 11.6 Å². The van der Waals surface area contributed by atoms with Gasteiger partial charge in [-0.15, -0.1) is 0 Å². The van der Waals surface area contributed by atoms with Gasteiger partial charge in [-0.3, -0.25) is 9.59 Å². The second kappa shape index (κ2) is 3.44. The lowest BCUT2D eigenvalue weighted by molar-refractivity contribution is 0.0986. The van der Waals surface area contributed by atoms with Crippen molar-refractivity contribution in [3.8, 4) is 6.07 Å². The van der Waals surface area contributed by atoms with Crippen LogP contribution in [0.2, 0.25) is 0 Å². The van der Waals surface area contributed by atoms with Gasteiger partial charge in [0.15, 0.2) is 0 Å². The Morgan fingerprint density at radius 3 is 2.13 bits per heavy atom. The zero-order valence-electron chi connectivity index (χ0n) is 7.45. The second-order valence-electron chi connectivity index (χ2n) is 3.00. The van der Waals surface area contributed by atoms with Gasteiger partial charge in [-0.2, -0.15) is 5.26 Å². The van der Waals surface area contributed by atoms with Crippen LogP contribution in [0.1, 0.15) is 20.7 Å². The lowest BCUT2D eigenvalue weighted by Crippen LogP contribution is -2.18. The molecule has 1 aromatic rings. The number of nitriles is 1. The van der Waals surface area contributed by atoms with Crippen LogP contribution in [0.25, 0.3) is 0 Å². The van der Waals surface area contributed by atoms with Gasteiger partial charge in [0.25, 0.3) is 0 Å². The molecule has 0 bridgehead atoms. The minimum atomic E-state index is -0.403. The predicted molar refractivity (Wildman–Crippen MR) is 56.7 cm³/mol. The molecular formula is C11H4BrNO2. The Balaban J connectivity index is 2.75. The SMILES string of the molecule is N#CC1=C(Br)C(=O)c2ccccc2C1=O. The zero-order chi connectivity index (χ0) is 11.0. The van der Waals surface area contributed by atoms with Crippen molar-refractivity contribution in [3.05, 3.63) is 45.4 Å². The summed E-state index contributed by atoms with van der Waals surface area (Å²) in [5.41, 5.74) is 0.509. The lowest BCUT2D eigenvalue weighted by Gasteiger charge is -2.13. The van der Waals surface area contributed by atoms with Crippen molar-refractivity contribution in [2.45, 2.75) is 0 Å². The number of hydrogen-bond donors (Lipinski definition) is 0. The van der Waals surface area contributed by atoms with Gasteiger partial charge in [0.05, 0.1) is 4.48 Å². The van der Waals surface area contributed by atoms with E-state index in [1.807, 2.05) is 0 Å². The van der Waals surface area contributed by atoms with Crippen LogP contribution in [0.3, 0.4) is 0 Å². The Morgan fingerprint density at radius 1 is 1.07 bits per heavy atom. The summed E-state index contributed by atoms with van der Waals surface area (Å²) in [6.07, 6.45) is 0. The summed E-state index contributed by atoms with van der Waals surface area (Å²) in [6.45, 7) is 0. The highest BCUT2D eigenvalue weighted by atomic mass is 79.9. The van der Waals surface area contributed by atoms with E-state index >= 15 is 0 Å². The Labute approximate surface area is 94.1 Å². The molecule has 0 radical (unpaired) electrons. The van der Waals surface area contributed by atoms with Gasteiger partial charge in [0, 0.05) is 11.1 Å². The molecule has 1 aliphatic rings. The molecule has 0 aliphatic heterocycles. The quantitative estimate of drug-likeness (QED) is 0.720. The molecular weight excluding hydrogens is 258 g/mol. The Bertz CT molecular complexity index is 552. The number of nitrogens with zero attached hydrogens (tertiary/aromatic N) is 1. The Kier molecular flexibility index (Phi) is 2.25. The van der Waals surface area contributed by atoms with Gasteiger partial charge in [-0.05, 0) is 15.9 Å². The van der Waals surface area contributed by atoms with Crippen LogP contribution in [-0.4, -0.2) is 11.6 Å². The molecule has 0 spiro atoms. The molecule has 0 atom stereocenters. The normalized spacial score (nSPS) is 14.9. The number of ketones is 2. The molecule has 0 saturated heterocycles. The van der Waals surface area contributed by atoms with Gasteiger partial charge in [-0.1, -0.05) is 24.3 Å². The van der Waals surface area contributed by atoms with Gasteiger partial charge in [0.2, 0.25) is 11.6 Å². The number of Topliss-reactive ketones (excluding diaryl/α,β-unsaturated/α-hetero) is 2. The largest absolute Gasteiger partial charge is 0.288 e. The maximum atomic E-state index is 11.7. The zero-order valence-corrected chi connectivity index (χ0v) is 9.04. The topological polar surface area (TPSA) is 57.9 Å². The van der Waals surface area contributed by atoms with E-state index in [-0.39, 0.29) is 15.8 Å². The van der Waals surface area contributed by atoms with Crippen LogP contribution in [-0.2, 0) is 0 Å². The summed E-state index contributed by atoms with van der Waals surface area (Å²) >= 11 is 2.98. The number of allylic oxidation sites excluding steroid dienone is 2. The molecule has 0 heterocycles. The van der Waals surface area contributed by atoms with Crippen molar-refractivity contribution in [2.24, 2.45) is 0 Å². The monoisotopic (exact) mass is 261 g/mol. The maximum absolute atomic E-state index is 11.7. The van der Waals surface area contributed by atoms with Crippen molar-refractivity contribution >= 4 is 27.5 Å². The molecule has 15 heavy (non-hydrogen) atoms. The van der Waals surface area contributed by atoms with E-state index in [4.69, 9.17) is 5.26 Å².